The number of fused-ring (bicyclic) bond motifs is 1. The second-order valence-electron chi connectivity index (χ2n) is 5.08. The van der Waals surface area contributed by atoms with E-state index in [1.165, 1.54) is 10.5 Å². The van der Waals surface area contributed by atoms with E-state index in [4.69, 9.17) is 5.11 Å². The van der Waals surface area contributed by atoms with Crippen LogP contribution in [0.3, 0.4) is 0 Å². The van der Waals surface area contributed by atoms with E-state index in [1.807, 2.05) is 25.1 Å². The lowest BCUT2D eigenvalue weighted by atomic mass is 10.2. The maximum absolute atomic E-state index is 11.0. The van der Waals surface area contributed by atoms with E-state index >= 15 is 0 Å². The van der Waals surface area contributed by atoms with Crippen molar-refractivity contribution in [3.63, 3.8) is 0 Å². The summed E-state index contributed by atoms with van der Waals surface area (Å²) in [5, 5.41) is 27.2. The first kappa shape index (κ1) is 14.7. The molecular formula is C16H14N4O3. The van der Waals surface area contributed by atoms with Gasteiger partial charge in [-0.25, -0.2) is 4.98 Å². The Morgan fingerprint density at radius 3 is 2.83 bits per heavy atom. The fourth-order valence-electron chi connectivity index (χ4n) is 2.25. The number of imidazole rings is 1. The van der Waals surface area contributed by atoms with Crippen molar-refractivity contribution in [1.82, 2.24) is 9.38 Å². The van der Waals surface area contributed by atoms with Gasteiger partial charge in [-0.05, 0) is 36.8 Å². The van der Waals surface area contributed by atoms with Gasteiger partial charge in [0.05, 0.1) is 17.8 Å². The van der Waals surface area contributed by atoms with Crippen molar-refractivity contribution >= 4 is 23.1 Å². The van der Waals surface area contributed by atoms with E-state index in [1.54, 1.807) is 18.3 Å². The minimum Gasteiger partial charge on any atom is -0.504 e. The molecule has 0 spiro atoms. The Labute approximate surface area is 131 Å². The summed E-state index contributed by atoms with van der Waals surface area (Å²) in [5.74, 6) is -0.782. The van der Waals surface area contributed by atoms with Crippen LogP contribution in [0, 0.1) is 6.92 Å². The Kier molecular flexibility index (Phi) is 3.76. The fourth-order valence-corrected chi connectivity index (χ4v) is 2.25. The van der Waals surface area contributed by atoms with Gasteiger partial charge >= 0.3 is 5.97 Å². The normalized spacial score (nSPS) is 11.3. The van der Waals surface area contributed by atoms with Crippen LogP contribution >= 0.6 is 0 Å². The highest BCUT2D eigenvalue weighted by atomic mass is 16.4. The van der Waals surface area contributed by atoms with Crippen LogP contribution in [0.1, 0.15) is 11.3 Å². The van der Waals surface area contributed by atoms with Gasteiger partial charge in [-0.2, -0.15) is 0 Å². The number of aliphatic carboxylic acids is 1. The van der Waals surface area contributed by atoms with Crippen LogP contribution in [0.15, 0.2) is 52.8 Å². The van der Waals surface area contributed by atoms with Gasteiger partial charge in [-0.1, -0.05) is 12.1 Å². The molecule has 0 fully saturated rings. The number of rotatable bonds is 4. The number of benzene rings is 1. The standard InChI is InChI=1S/C16H14N4O3/c1-10-4-2-5-11(8-10)18-19-15-12(9-14(22)23)17-16-13(21)6-3-7-20(15)16/h2-8,21H,9H2,1H3,(H,22,23). The Hall–Kier alpha value is -3.22. The molecule has 0 bridgehead atoms. The molecule has 0 aliphatic heterocycles. The molecule has 7 heteroatoms. The SMILES string of the molecule is Cc1cccc(N=Nc2c(CC(=O)O)nc3c(O)cccn23)c1. The molecule has 2 N–H and O–H groups in total. The summed E-state index contributed by atoms with van der Waals surface area (Å²) in [6.45, 7) is 1.95. The molecule has 7 nitrogen and oxygen atoms in total. The van der Waals surface area contributed by atoms with Gasteiger partial charge in [-0.3, -0.25) is 9.20 Å². The fraction of sp³-hybridized carbons (Fsp3) is 0.125. The average Bonchev–Trinajstić information content (AvgIpc) is 2.83. The smallest absolute Gasteiger partial charge is 0.309 e. The Bertz CT molecular complexity index is 915. The van der Waals surface area contributed by atoms with Gasteiger partial charge < -0.3 is 10.2 Å². The number of carbonyl (C=O) groups is 1. The van der Waals surface area contributed by atoms with Crippen LogP contribution < -0.4 is 0 Å². The molecular weight excluding hydrogens is 296 g/mol. The summed E-state index contributed by atoms with van der Waals surface area (Å²) in [6, 6.07) is 10.6. The van der Waals surface area contributed by atoms with Gasteiger partial charge in [0.15, 0.2) is 17.2 Å². The first-order valence-electron chi connectivity index (χ1n) is 6.93. The number of aryl methyl sites for hydroxylation is 1. The van der Waals surface area contributed by atoms with E-state index in [0.717, 1.165) is 5.56 Å². The third-order valence-corrected chi connectivity index (χ3v) is 3.25. The molecule has 2 aromatic heterocycles. The first-order valence-corrected chi connectivity index (χ1v) is 6.93. The molecule has 0 atom stereocenters. The lowest BCUT2D eigenvalue weighted by Crippen LogP contribution is -2.00. The van der Waals surface area contributed by atoms with Gasteiger partial charge in [-0.15, -0.1) is 10.2 Å². The molecule has 0 aliphatic carbocycles. The molecule has 3 rings (SSSR count). The van der Waals surface area contributed by atoms with Crippen molar-refractivity contribution < 1.29 is 15.0 Å². The largest absolute Gasteiger partial charge is 0.504 e. The zero-order chi connectivity index (χ0) is 16.4. The van der Waals surface area contributed by atoms with Crippen molar-refractivity contribution in [3.05, 3.63) is 53.9 Å². The van der Waals surface area contributed by atoms with Crippen LogP contribution in [0.4, 0.5) is 11.5 Å². The van der Waals surface area contributed by atoms with Gasteiger partial charge in [0.1, 0.15) is 0 Å². The van der Waals surface area contributed by atoms with E-state index in [2.05, 4.69) is 15.2 Å². The van der Waals surface area contributed by atoms with Gasteiger partial charge in [0.25, 0.3) is 0 Å². The number of carboxylic acid groups (broad SMARTS) is 1. The van der Waals surface area contributed by atoms with E-state index in [-0.39, 0.29) is 23.5 Å². The van der Waals surface area contributed by atoms with E-state index in [0.29, 0.717) is 11.5 Å². The van der Waals surface area contributed by atoms with Crippen molar-refractivity contribution in [2.24, 2.45) is 10.2 Å². The van der Waals surface area contributed by atoms with Crippen LogP contribution in [0.2, 0.25) is 0 Å². The van der Waals surface area contributed by atoms with Crippen LogP contribution in [0.25, 0.3) is 5.65 Å². The van der Waals surface area contributed by atoms with Crippen molar-refractivity contribution in [1.29, 1.82) is 0 Å². The first-order chi connectivity index (χ1) is 11.0. The number of nitrogens with zero attached hydrogens (tertiary/aromatic N) is 4. The summed E-state index contributed by atoms with van der Waals surface area (Å²) in [6.07, 6.45) is 1.35. The summed E-state index contributed by atoms with van der Waals surface area (Å²) < 4.78 is 1.52. The molecule has 0 radical (unpaired) electrons. The second-order valence-corrected chi connectivity index (χ2v) is 5.08. The number of carboxylic acids is 1. The summed E-state index contributed by atoms with van der Waals surface area (Å²) >= 11 is 0. The Morgan fingerprint density at radius 1 is 1.26 bits per heavy atom. The maximum atomic E-state index is 11.0. The van der Waals surface area contributed by atoms with Gasteiger partial charge in [0, 0.05) is 6.20 Å². The van der Waals surface area contributed by atoms with Crippen molar-refractivity contribution in [2.75, 3.05) is 0 Å². The van der Waals surface area contributed by atoms with Gasteiger partial charge in [0.2, 0.25) is 0 Å². The predicted octanol–water partition coefficient (Wildman–Crippen LogP) is 3.39. The van der Waals surface area contributed by atoms with E-state index < -0.39 is 5.97 Å². The summed E-state index contributed by atoms with van der Waals surface area (Å²) in [4.78, 5) is 15.2. The third kappa shape index (κ3) is 3.03. The molecule has 0 saturated heterocycles. The average molecular weight is 310 g/mol. The number of hydrogen-bond donors (Lipinski definition) is 2. The monoisotopic (exact) mass is 310 g/mol. The number of azo groups is 1. The molecule has 0 unspecified atom stereocenters. The van der Waals surface area contributed by atoms with Crippen LogP contribution in [0.5, 0.6) is 5.75 Å². The highest BCUT2D eigenvalue weighted by Gasteiger charge is 2.16. The quantitative estimate of drug-likeness (QED) is 0.721. The molecule has 2 heterocycles. The number of pyridine rings is 1. The minimum atomic E-state index is -1.03. The predicted molar refractivity (Wildman–Crippen MR) is 83.6 cm³/mol. The maximum Gasteiger partial charge on any atom is 0.309 e. The molecule has 1 aromatic carbocycles. The second kappa shape index (κ2) is 5.88. The summed E-state index contributed by atoms with van der Waals surface area (Å²) in [5.41, 5.74) is 2.20. The minimum absolute atomic E-state index is 0.0452. The molecule has 3 aromatic rings. The Morgan fingerprint density at radius 2 is 2.09 bits per heavy atom. The topological polar surface area (TPSA) is 99.5 Å². The number of aromatic hydroxyl groups is 1. The molecule has 0 aliphatic rings. The zero-order valence-corrected chi connectivity index (χ0v) is 12.3. The van der Waals surface area contributed by atoms with Crippen LogP contribution in [-0.4, -0.2) is 25.6 Å². The number of aromatic nitrogens is 2. The molecule has 0 amide bonds. The number of hydrogen-bond acceptors (Lipinski definition) is 5. The molecule has 116 valence electrons. The lowest BCUT2D eigenvalue weighted by molar-refractivity contribution is -0.136. The van der Waals surface area contributed by atoms with Crippen molar-refractivity contribution in [2.45, 2.75) is 13.3 Å². The highest BCUT2D eigenvalue weighted by molar-refractivity contribution is 5.73. The third-order valence-electron chi connectivity index (χ3n) is 3.25. The highest BCUT2D eigenvalue weighted by Crippen LogP contribution is 2.28. The van der Waals surface area contributed by atoms with Crippen LogP contribution in [-0.2, 0) is 11.2 Å². The van der Waals surface area contributed by atoms with E-state index in [9.17, 15) is 9.90 Å². The molecule has 23 heavy (non-hydrogen) atoms. The lowest BCUT2D eigenvalue weighted by Gasteiger charge is -1.98. The van der Waals surface area contributed by atoms with Crippen molar-refractivity contribution in [3.8, 4) is 5.75 Å². The zero-order valence-electron chi connectivity index (χ0n) is 12.3. The molecule has 0 saturated carbocycles. The Balaban J connectivity index is 2.10. The summed E-state index contributed by atoms with van der Waals surface area (Å²) in [7, 11) is 0.